The Balaban J connectivity index is 2.79. The SMILES string of the molecule is CNC(=O)c1ccc(NC(C(N)=O)C(C)C)nn1. The van der Waals surface area contributed by atoms with E-state index in [9.17, 15) is 9.59 Å². The third-order valence-electron chi connectivity index (χ3n) is 2.40. The van der Waals surface area contributed by atoms with E-state index >= 15 is 0 Å². The second kappa shape index (κ2) is 5.95. The smallest absolute Gasteiger partial charge is 0.271 e. The van der Waals surface area contributed by atoms with Crippen LogP contribution in [-0.4, -0.2) is 35.1 Å². The van der Waals surface area contributed by atoms with Crippen LogP contribution in [-0.2, 0) is 4.79 Å². The number of primary amides is 1. The van der Waals surface area contributed by atoms with E-state index in [4.69, 9.17) is 5.73 Å². The molecule has 0 radical (unpaired) electrons. The molecule has 1 atom stereocenters. The van der Waals surface area contributed by atoms with Crippen LogP contribution < -0.4 is 16.4 Å². The lowest BCUT2D eigenvalue weighted by Gasteiger charge is -2.18. The highest BCUT2D eigenvalue weighted by Crippen LogP contribution is 2.09. The van der Waals surface area contributed by atoms with Crippen molar-refractivity contribution in [1.82, 2.24) is 15.5 Å². The average molecular weight is 251 g/mol. The van der Waals surface area contributed by atoms with E-state index in [2.05, 4.69) is 20.8 Å². The van der Waals surface area contributed by atoms with Crippen LogP contribution in [0.4, 0.5) is 5.82 Å². The maximum Gasteiger partial charge on any atom is 0.271 e. The molecule has 2 amide bonds. The van der Waals surface area contributed by atoms with E-state index in [-0.39, 0.29) is 17.5 Å². The van der Waals surface area contributed by atoms with Crippen LogP contribution >= 0.6 is 0 Å². The number of carbonyl (C=O) groups excluding carboxylic acids is 2. The Morgan fingerprint density at radius 1 is 1.28 bits per heavy atom. The first-order valence-corrected chi connectivity index (χ1v) is 5.57. The van der Waals surface area contributed by atoms with Crippen LogP contribution in [0.25, 0.3) is 0 Å². The Labute approximate surface area is 105 Å². The number of carbonyl (C=O) groups is 2. The van der Waals surface area contributed by atoms with Gasteiger partial charge in [0.15, 0.2) is 5.69 Å². The summed E-state index contributed by atoms with van der Waals surface area (Å²) in [5.41, 5.74) is 5.48. The molecule has 0 aromatic carbocycles. The first kappa shape index (κ1) is 13.9. The minimum absolute atomic E-state index is 0.0305. The lowest BCUT2D eigenvalue weighted by Crippen LogP contribution is -2.39. The van der Waals surface area contributed by atoms with Crippen LogP contribution in [0.15, 0.2) is 12.1 Å². The molecule has 0 aliphatic heterocycles. The molecule has 0 fully saturated rings. The maximum atomic E-state index is 11.3. The fourth-order valence-corrected chi connectivity index (χ4v) is 1.38. The third kappa shape index (κ3) is 3.41. The summed E-state index contributed by atoms with van der Waals surface area (Å²) in [6.07, 6.45) is 0. The number of nitrogens with zero attached hydrogens (tertiary/aromatic N) is 2. The second-order valence-corrected chi connectivity index (χ2v) is 4.15. The zero-order valence-electron chi connectivity index (χ0n) is 10.6. The molecule has 18 heavy (non-hydrogen) atoms. The van der Waals surface area contributed by atoms with Gasteiger partial charge < -0.3 is 16.4 Å². The largest absolute Gasteiger partial charge is 0.368 e. The molecule has 1 unspecified atom stereocenters. The van der Waals surface area contributed by atoms with Crippen molar-refractivity contribution in [3.63, 3.8) is 0 Å². The van der Waals surface area contributed by atoms with Gasteiger partial charge >= 0.3 is 0 Å². The molecule has 0 bridgehead atoms. The van der Waals surface area contributed by atoms with Crippen molar-refractivity contribution in [2.45, 2.75) is 19.9 Å². The highest BCUT2D eigenvalue weighted by atomic mass is 16.2. The van der Waals surface area contributed by atoms with Gasteiger partial charge in [-0.25, -0.2) is 0 Å². The van der Waals surface area contributed by atoms with E-state index < -0.39 is 11.9 Å². The Hall–Kier alpha value is -2.18. The van der Waals surface area contributed by atoms with Gasteiger partial charge in [0.05, 0.1) is 0 Å². The highest BCUT2D eigenvalue weighted by Gasteiger charge is 2.19. The number of anilines is 1. The number of amides is 2. The molecule has 1 aromatic rings. The number of rotatable bonds is 5. The average Bonchev–Trinajstić information content (AvgIpc) is 2.35. The lowest BCUT2D eigenvalue weighted by atomic mass is 10.0. The molecule has 0 aliphatic carbocycles. The quantitative estimate of drug-likeness (QED) is 0.669. The summed E-state index contributed by atoms with van der Waals surface area (Å²) in [5, 5.41) is 12.9. The molecule has 7 nitrogen and oxygen atoms in total. The topological polar surface area (TPSA) is 110 Å². The van der Waals surface area contributed by atoms with Crippen LogP contribution in [0.3, 0.4) is 0 Å². The summed E-state index contributed by atoms with van der Waals surface area (Å²) in [6, 6.07) is 2.58. The minimum atomic E-state index is -0.523. The fourth-order valence-electron chi connectivity index (χ4n) is 1.38. The monoisotopic (exact) mass is 251 g/mol. The first-order chi connectivity index (χ1) is 8.45. The van der Waals surface area contributed by atoms with Crippen LogP contribution in [0, 0.1) is 5.92 Å². The molecule has 0 aliphatic rings. The molecule has 1 heterocycles. The number of aromatic nitrogens is 2. The maximum absolute atomic E-state index is 11.3. The van der Waals surface area contributed by atoms with Crippen molar-refractivity contribution in [2.24, 2.45) is 11.7 Å². The molecule has 1 aromatic heterocycles. The fraction of sp³-hybridized carbons (Fsp3) is 0.455. The van der Waals surface area contributed by atoms with Crippen molar-refractivity contribution in [3.05, 3.63) is 17.8 Å². The molecule has 0 saturated heterocycles. The number of nitrogens with one attached hydrogen (secondary N) is 2. The van der Waals surface area contributed by atoms with Crippen molar-refractivity contribution < 1.29 is 9.59 Å². The summed E-state index contributed by atoms with van der Waals surface area (Å²) >= 11 is 0. The van der Waals surface area contributed by atoms with Gasteiger partial charge in [0.25, 0.3) is 5.91 Å². The van der Waals surface area contributed by atoms with Gasteiger partial charge in [0.2, 0.25) is 5.91 Å². The molecule has 7 heteroatoms. The summed E-state index contributed by atoms with van der Waals surface area (Å²) in [6.45, 7) is 3.74. The zero-order valence-corrected chi connectivity index (χ0v) is 10.6. The molecule has 98 valence electrons. The van der Waals surface area contributed by atoms with E-state index in [0.29, 0.717) is 5.82 Å². The number of hydrogen-bond acceptors (Lipinski definition) is 5. The van der Waals surface area contributed by atoms with Gasteiger partial charge in [-0.3, -0.25) is 9.59 Å². The van der Waals surface area contributed by atoms with Gasteiger partial charge in [-0.05, 0) is 18.1 Å². The highest BCUT2D eigenvalue weighted by molar-refractivity contribution is 5.92. The van der Waals surface area contributed by atoms with Gasteiger partial charge in [-0.2, -0.15) is 0 Å². The van der Waals surface area contributed by atoms with Crippen LogP contribution in [0.5, 0.6) is 0 Å². The van der Waals surface area contributed by atoms with Gasteiger partial charge in [0.1, 0.15) is 11.9 Å². The first-order valence-electron chi connectivity index (χ1n) is 5.57. The van der Waals surface area contributed by atoms with E-state index in [1.54, 1.807) is 6.07 Å². The molecule has 1 rings (SSSR count). The third-order valence-corrected chi connectivity index (χ3v) is 2.40. The normalized spacial score (nSPS) is 12.0. The predicted molar refractivity (Wildman–Crippen MR) is 66.9 cm³/mol. The summed E-state index contributed by atoms with van der Waals surface area (Å²) in [5.74, 6) is -0.338. The molecule has 0 spiro atoms. The van der Waals surface area contributed by atoms with Gasteiger partial charge in [-0.1, -0.05) is 13.8 Å². The summed E-state index contributed by atoms with van der Waals surface area (Å²) < 4.78 is 0. The molecular weight excluding hydrogens is 234 g/mol. The summed E-state index contributed by atoms with van der Waals surface area (Å²) in [7, 11) is 1.51. The van der Waals surface area contributed by atoms with Crippen LogP contribution in [0.2, 0.25) is 0 Å². The summed E-state index contributed by atoms with van der Waals surface area (Å²) in [4.78, 5) is 22.5. The van der Waals surface area contributed by atoms with Crippen molar-refractivity contribution in [2.75, 3.05) is 12.4 Å². The Bertz CT molecular complexity index is 430. The van der Waals surface area contributed by atoms with Gasteiger partial charge in [-0.15, -0.1) is 10.2 Å². The number of hydrogen-bond donors (Lipinski definition) is 3. The number of nitrogens with two attached hydrogens (primary N) is 1. The van der Waals surface area contributed by atoms with E-state index in [1.807, 2.05) is 13.8 Å². The Kier molecular flexibility index (Phi) is 4.59. The van der Waals surface area contributed by atoms with Crippen LogP contribution in [0.1, 0.15) is 24.3 Å². The molecule has 0 saturated carbocycles. The van der Waals surface area contributed by atoms with Crippen molar-refractivity contribution in [3.8, 4) is 0 Å². The zero-order chi connectivity index (χ0) is 13.7. The van der Waals surface area contributed by atoms with Gasteiger partial charge in [0, 0.05) is 7.05 Å². The van der Waals surface area contributed by atoms with E-state index in [0.717, 1.165) is 0 Å². The Morgan fingerprint density at radius 3 is 2.33 bits per heavy atom. The van der Waals surface area contributed by atoms with Crippen molar-refractivity contribution >= 4 is 17.6 Å². The van der Waals surface area contributed by atoms with Crippen molar-refractivity contribution in [1.29, 1.82) is 0 Å². The van der Waals surface area contributed by atoms with E-state index in [1.165, 1.54) is 13.1 Å². The standard InChI is InChI=1S/C11H17N5O2/c1-6(2)9(10(12)17)14-8-5-4-7(15-16-8)11(18)13-3/h4-6,9H,1-3H3,(H2,12,17)(H,13,18)(H,14,16). The predicted octanol–water partition coefficient (Wildman–Crippen LogP) is -0.242. The molecule has 4 N–H and O–H groups in total. The Morgan fingerprint density at radius 2 is 1.94 bits per heavy atom. The minimum Gasteiger partial charge on any atom is -0.368 e. The lowest BCUT2D eigenvalue weighted by molar-refractivity contribution is -0.119. The molecular formula is C11H17N5O2. The second-order valence-electron chi connectivity index (χ2n) is 4.15.